The summed E-state index contributed by atoms with van der Waals surface area (Å²) in [5.74, 6) is -1.70. The molecule has 2 aromatic carbocycles. The second kappa shape index (κ2) is 5.38. The smallest absolute Gasteiger partial charge is 0.278 e. The number of nitrogens with zero attached hydrogens (tertiary/aromatic N) is 1. The average molecular weight is 323 g/mol. The summed E-state index contributed by atoms with van der Waals surface area (Å²) in [6.07, 6.45) is 0. The Balaban J connectivity index is 1.97. The van der Waals surface area contributed by atoms with Gasteiger partial charge in [-0.2, -0.15) is 0 Å². The lowest BCUT2D eigenvalue weighted by Gasteiger charge is -2.07. The predicted molar refractivity (Wildman–Crippen MR) is 78.1 cm³/mol. The fraction of sp³-hybridized carbons (Fsp3) is 0.0667. The number of amides is 1. The van der Waals surface area contributed by atoms with Crippen LogP contribution < -0.4 is 5.32 Å². The minimum atomic E-state index is -0.672. The Labute approximate surface area is 128 Å². The molecule has 0 radical (unpaired) electrons. The Hall–Kier alpha value is -2.47. The van der Waals surface area contributed by atoms with Crippen LogP contribution >= 0.6 is 11.6 Å². The summed E-state index contributed by atoms with van der Waals surface area (Å²) < 4.78 is 31.8. The first-order valence-electron chi connectivity index (χ1n) is 6.27. The summed E-state index contributed by atoms with van der Waals surface area (Å²) in [6, 6.07) is 6.21. The third-order valence-corrected chi connectivity index (χ3v) is 3.46. The second-order valence-electron chi connectivity index (χ2n) is 4.71. The van der Waals surface area contributed by atoms with Gasteiger partial charge >= 0.3 is 0 Å². The van der Waals surface area contributed by atoms with Crippen molar-refractivity contribution in [3.63, 3.8) is 0 Å². The molecular weight excluding hydrogens is 314 g/mol. The number of hydrogen-bond acceptors (Lipinski definition) is 3. The van der Waals surface area contributed by atoms with Crippen LogP contribution in [0.1, 0.15) is 16.1 Å². The van der Waals surface area contributed by atoms with Gasteiger partial charge in [0.15, 0.2) is 11.3 Å². The Morgan fingerprint density at radius 1 is 1.27 bits per heavy atom. The van der Waals surface area contributed by atoms with Gasteiger partial charge in [-0.3, -0.25) is 4.79 Å². The zero-order valence-electron chi connectivity index (χ0n) is 11.3. The predicted octanol–water partition coefficient (Wildman–Crippen LogP) is 4.32. The van der Waals surface area contributed by atoms with Crippen molar-refractivity contribution in [1.82, 2.24) is 5.16 Å². The molecule has 0 unspecified atom stereocenters. The first kappa shape index (κ1) is 14.5. The highest BCUT2D eigenvalue weighted by molar-refractivity contribution is 6.34. The SMILES string of the molecule is Cc1cc(Cl)c(NC(=O)c2noc3ccc(F)cc23)cc1F. The van der Waals surface area contributed by atoms with Gasteiger partial charge in [0.2, 0.25) is 0 Å². The number of anilines is 1. The van der Waals surface area contributed by atoms with Crippen LogP contribution in [0.2, 0.25) is 5.02 Å². The number of fused-ring (bicyclic) bond motifs is 1. The molecule has 0 bridgehead atoms. The number of hydrogen-bond donors (Lipinski definition) is 1. The van der Waals surface area contributed by atoms with Crippen molar-refractivity contribution in [3.8, 4) is 0 Å². The number of aryl methyl sites for hydroxylation is 1. The van der Waals surface area contributed by atoms with Gasteiger partial charge in [-0.15, -0.1) is 0 Å². The van der Waals surface area contributed by atoms with Gasteiger partial charge in [0.05, 0.1) is 16.1 Å². The molecule has 1 N–H and O–H groups in total. The highest BCUT2D eigenvalue weighted by atomic mass is 35.5. The zero-order valence-corrected chi connectivity index (χ0v) is 12.0. The Morgan fingerprint density at radius 3 is 2.82 bits per heavy atom. The summed E-state index contributed by atoms with van der Waals surface area (Å²) in [6.45, 7) is 1.56. The molecule has 0 spiro atoms. The third-order valence-electron chi connectivity index (χ3n) is 3.14. The van der Waals surface area contributed by atoms with E-state index in [9.17, 15) is 13.6 Å². The summed E-state index contributed by atoms with van der Waals surface area (Å²) in [4.78, 5) is 12.2. The van der Waals surface area contributed by atoms with Crippen molar-refractivity contribution >= 4 is 34.2 Å². The number of aromatic nitrogens is 1. The lowest BCUT2D eigenvalue weighted by Crippen LogP contribution is -2.13. The van der Waals surface area contributed by atoms with E-state index in [-0.39, 0.29) is 27.4 Å². The van der Waals surface area contributed by atoms with Gasteiger partial charge < -0.3 is 9.84 Å². The van der Waals surface area contributed by atoms with Crippen LogP contribution in [0, 0.1) is 18.6 Å². The zero-order chi connectivity index (χ0) is 15.9. The van der Waals surface area contributed by atoms with Crippen LogP contribution in [0.25, 0.3) is 11.0 Å². The summed E-state index contributed by atoms with van der Waals surface area (Å²) in [7, 11) is 0. The fourth-order valence-corrected chi connectivity index (χ4v) is 2.26. The molecule has 0 aliphatic rings. The molecule has 0 saturated heterocycles. The number of carbonyl (C=O) groups excluding carboxylic acids is 1. The average Bonchev–Trinajstić information content (AvgIpc) is 2.87. The van der Waals surface area contributed by atoms with Crippen molar-refractivity contribution in [3.05, 3.63) is 58.2 Å². The lowest BCUT2D eigenvalue weighted by molar-refractivity contribution is 0.102. The number of nitrogens with one attached hydrogen (secondary N) is 1. The van der Waals surface area contributed by atoms with E-state index < -0.39 is 17.5 Å². The van der Waals surface area contributed by atoms with Gasteiger partial charge in [0.25, 0.3) is 5.91 Å². The molecule has 0 fully saturated rings. The maximum atomic E-state index is 13.6. The molecule has 0 atom stereocenters. The van der Waals surface area contributed by atoms with Crippen molar-refractivity contribution in [2.75, 3.05) is 5.32 Å². The lowest BCUT2D eigenvalue weighted by atomic mass is 10.2. The van der Waals surface area contributed by atoms with E-state index in [0.29, 0.717) is 5.56 Å². The standard InChI is InChI=1S/C15H9ClF2N2O2/c1-7-4-10(16)12(6-11(7)18)19-15(21)14-9-5-8(17)2-3-13(9)22-20-14/h2-6H,1H3,(H,19,21). The molecule has 7 heteroatoms. The van der Waals surface area contributed by atoms with Gasteiger partial charge in [0, 0.05) is 0 Å². The van der Waals surface area contributed by atoms with E-state index in [1.807, 2.05) is 0 Å². The summed E-state index contributed by atoms with van der Waals surface area (Å²) in [5.41, 5.74) is 0.624. The van der Waals surface area contributed by atoms with Crippen LogP contribution in [0.3, 0.4) is 0 Å². The molecule has 0 aliphatic heterocycles. The van der Waals surface area contributed by atoms with Gasteiger partial charge in [-0.25, -0.2) is 8.78 Å². The quantitative estimate of drug-likeness (QED) is 0.764. The molecule has 0 saturated carbocycles. The summed E-state index contributed by atoms with van der Waals surface area (Å²) in [5, 5.41) is 6.46. The van der Waals surface area contributed by atoms with E-state index in [1.165, 1.54) is 18.2 Å². The van der Waals surface area contributed by atoms with Crippen LogP contribution in [0.15, 0.2) is 34.9 Å². The fourth-order valence-electron chi connectivity index (χ4n) is 2.00. The Kier molecular flexibility index (Phi) is 3.54. The Bertz CT molecular complexity index is 893. The molecular formula is C15H9ClF2N2O2. The van der Waals surface area contributed by atoms with Crippen molar-refractivity contribution in [2.24, 2.45) is 0 Å². The third kappa shape index (κ3) is 2.53. The summed E-state index contributed by atoms with van der Waals surface area (Å²) >= 11 is 5.97. The van der Waals surface area contributed by atoms with E-state index >= 15 is 0 Å². The second-order valence-corrected chi connectivity index (χ2v) is 5.11. The molecule has 1 aromatic heterocycles. The van der Waals surface area contributed by atoms with Gasteiger partial charge in [0.1, 0.15) is 11.6 Å². The molecule has 1 heterocycles. The van der Waals surface area contributed by atoms with E-state index in [1.54, 1.807) is 6.92 Å². The molecule has 1 amide bonds. The minimum absolute atomic E-state index is 0.0994. The van der Waals surface area contributed by atoms with Crippen molar-refractivity contribution in [2.45, 2.75) is 6.92 Å². The molecule has 3 aromatic rings. The normalized spacial score (nSPS) is 10.9. The van der Waals surface area contributed by atoms with Crippen molar-refractivity contribution < 1.29 is 18.1 Å². The first-order valence-corrected chi connectivity index (χ1v) is 6.65. The van der Waals surface area contributed by atoms with E-state index in [2.05, 4.69) is 10.5 Å². The highest BCUT2D eigenvalue weighted by Crippen LogP contribution is 2.27. The van der Waals surface area contributed by atoms with Crippen molar-refractivity contribution in [1.29, 1.82) is 0 Å². The minimum Gasteiger partial charge on any atom is -0.355 e. The van der Waals surface area contributed by atoms with Crippen LogP contribution in [-0.2, 0) is 0 Å². The molecule has 112 valence electrons. The van der Waals surface area contributed by atoms with E-state index in [0.717, 1.165) is 12.1 Å². The Morgan fingerprint density at radius 2 is 2.05 bits per heavy atom. The van der Waals surface area contributed by atoms with Gasteiger partial charge in [-0.05, 0) is 42.8 Å². The van der Waals surface area contributed by atoms with Crippen LogP contribution in [-0.4, -0.2) is 11.1 Å². The molecule has 4 nitrogen and oxygen atoms in total. The monoisotopic (exact) mass is 322 g/mol. The van der Waals surface area contributed by atoms with Crippen LogP contribution in [0.5, 0.6) is 0 Å². The topological polar surface area (TPSA) is 55.1 Å². The maximum absolute atomic E-state index is 13.6. The molecule has 0 aliphatic carbocycles. The number of benzene rings is 2. The number of rotatable bonds is 2. The largest absolute Gasteiger partial charge is 0.355 e. The molecule has 22 heavy (non-hydrogen) atoms. The van der Waals surface area contributed by atoms with Gasteiger partial charge in [-0.1, -0.05) is 16.8 Å². The van der Waals surface area contributed by atoms with Crippen LogP contribution in [0.4, 0.5) is 14.5 Å². The number of halogens is 3. The maximum Gasteiger partial charge on any atom is 0.278 e. The first-order chi connectivity index (χ1) is 10.5. The number of carbonyl (C=O) groups is 1. The highest BCUT2D eigenvalue weighted by Gasteiger charge is 2.18. The van der Waals surface area contributed by atoms with E-state index in [4.69, 9.17) is 16.1 Å². The molecule has 3 rings (SSSR count).